The third-order valence-corrected chi connectivity index (χ3v) is 47.9. The maximum absolute atomic E-state index is 6.05. The Morgan fingerprint density at radius 1 is 0.257 bits per heavy atom. The number of aromatic nitrogens is 2. The Morgan fingerprint density at radius 3 is 0.676 bits per heavy atom. The third kappa shape index (κ3) is 33.2. The fourth-order valence-electron chi connectivity index (χ4n) is 15.5. The average molecular weight is 2180 g/mol. The number of pyridine rings is 2. The Labute approximate surface area is 847 Å². The fourth-order valence-corrected chi connectivity index (χ4v) is 40.7. The molecule has 0 bridgehead atoms. The first-order valence-electron chi connectivity index (χ1n) is 46.2. The van der Waals surface area contributed by atoms with Crippen molar-refractivity contribution in [2.45, 2.75) is 72.6 Å². The first kappa shape index (κ1) is 104. The molecule has 1 aliphatic heterocycles. The van der Waals surface area contributed by atoms with Crippen molar-refractivity contribution in [2.75, 3.05) is 0 Å². The molecular weight excluding hydrogens is 2060 g/mol. The number of hydrogen-bond donors (Lipinski definition) is 0. The van der Waals surface area contributed by atoms with Crippen molar-refractivity contribution in [3.8, 4) is 45.5 Å². The molecule has 0 N–H and O–H groups in total. The van der Waals surface area contributed by atoms with Crippen LogP contribution in [0.4, 0.5) is 0 Å². The summed E-state index contributed by atoms with van der Waals surface area (Å²) in [6.07, 6.45) is 21.2. The van der Waals surface area contributed by atoms with Crippen molar-refractivity contribution < 1.29 is 29.9 Å². The summed E-state index contributed by atoms with van der Waals surface area (Å²) >= 11 is 4.56. The standard InChI is InChI=1S/C22H16N2O.4C18H15P.C12H8Br2O.C5H3N.3C4H9.Pd.Sn/c1-3-13-23-21(11-1)17-7-5-9-19(15-17)25-20-10-6-8-18(16-20)22-12-2-4-14-24-22;4*1-4-10-16(11-5-1)19(17-12-6-2-7-13-17)18-14-8-3-9-15-18;13-9-3-1-5-11(7-9)15-12-6-2-4-10(14)8-12;1-2-4-6-5-3-1;3*1-3-4-2;;/h1-16H;4*1-15H;1-8H;2-4H;3*1,3-4H2,2H3;;/q;;;;;;+1;;;;;. The van der Waals surface area contributed by atoms with E-state index in [4.69, 9.17) is 14.5 Å². The zero-order valence-electron chi connectivity index (χ0n) is 77.1. The van der Waals surface area contributed by atoms with Gasteiger partial charge in [-0.15, -0.1) is 0 Å². The zero-order chi connectivity index (χ0) is 93.2. The number of benzene rings is 16. The van der Waals surface area contributed by atoms with Gasteiger partial charge in [0.2, 0.25) is 0 Å². The molecule has 0 fully saturated rings. The molecule has 0 saturated heterocycles. The molecule has 0 aliphatic carbocycles. The van der Waals surface area contributed by atoms with Gasteiger partial charge < -0.3 is 9.47 Å². The summed E-state index contributed by atoms with van der Waals surface area (Å²) in [5, 5.41) is 16.8. The Bertz CT molecular complexity index is 5460. The number of rotatable bonds is 28. The summed E-state index contributed by atoms with van der Waals surface area (Å²) < 4.78 is 19.7. The van der Waals surface area contributed by atoms with Crippen molar-refractivity contribution in [1.82, 2.24) is 9.97 Å². The van der Waals surface area contributed by atoms with Crippen LogP contribution in [-0.4, -0.2) is 32.1 Å². The molecule has 0 saturated carbocycles. The molecule has 0 spiro atoms. The zero-order valence-corrected chi connectivity index (χ0v) is 88.3. The molecule has 1 aliphatic rings. The summed E-state index contributed by atoms with van der Waals surface area (Å²) in [6.45, 7) is 6.96. The van der Waals surface area contributed by atoms with Crippen LogP contribution in [0.25, 0.3) is 22.5 Å². The number of halogens is 2. The summed E-state index contributed by atoms with van der Waals surface area (Å²) in [7, 11) is -1.78. The predicted molar refractivity (Wildman–Crippen MR) is 598 cm³/mol. The van der Waals surface area contributed by atoms with Gasteiger partial charge in [0.05, 0.1) is 11.4 Å². The average Bonchev–Trinajstić information content (AvgIpc) is 0.824. The maximum atomic E-state index is 6.05. The first-order valence-corrected chi connectivity index (χ1v) is 60.7. The smallest absolute Gasteiger partial charge is 0.128 e. The van der Waals surface area contributed by atoms with Crippen LogP contribution in [0, 0.1) is 6.08 Å². The van der Waals surface area contributed by atoms with E-state index in [2.05, 4.69) is 439 Å². The minimum absolute atomic E-state index is 0. The van der Waals surface area contributed by atoms with Crippen molar-refractivity contribution >= 4 is 149 Å². The SMILES string of the molecule is Brc1cccc(Oc2cccc(Br)c2)c1.CCC[CH2][Sn]([CH2]CCC)([CH2]CCC)[C]1=NC=C[C+]=C1.[Pd].c1ccc(-c2cccc(Oc3cccc(-c4ccccn4)c3)c2)nc1.c1ccc(P(c2ccccc2)c2ccccc2)cc1.c1ccc(P(c2ccccc2)c2ccccc2)cc1.c1ccc(P(c2ccccc2)c2ccccc2)cc1.c1ccc(P(c2ccccc2)c2ccccc2)cc1. The molecule has 2 aromatic heterocycles. The molecule has 13 heteroatoms. The Kier molecular flexibility index (Phi) is 44.9. The molecule has 0 radical (unpaired) electrons. The van der Waals surface area contributed by atoms with Crippen LogP contribution in [0.2, 0.25) is 13.3 Å². The second-order valence-corrected chi connectivity index (χ2v) is 55.5. The van der Waals surface area contributed by atoms with Gasteiger partial charge in [0.15, 0.2) is 0 Å². The van der Waals surface area contributed by atoms with E-state index in [1.165, 1.54) is 119 Å². The first-order chi connectivity index (χ1) is 66.7. The van der Waals surface area contributed by atoms with E-state index in [1.807, 2.05) is 146 Å². The van der Waals surface area contributed by atoms with Gasteiger partial charge in [-0.3, -0.25) is 9.97 Å². The van der Waals surface area contributed by atoms with Gasteiger partial charge in [0.25, 0.3) is 0 Å². The molecular formula is C123H114Br2N3O2P4PdSn+. The van der Waals surface area contributed by atoms with E-state index < -0.39 is 50.1 Å². The van der Waals surface area contributed by atoms with Gasteiger partial charge in [-0.25, -0.2) is 0 Å². The monoisotopic (exact) mass is 2170 g/mol. The molecule has 0 atom stereocenters. The van der Waals surface area contributed by atoms with E-state index in [1.54, 1.807) is 12.4 Å². The van der Waals surface area contributed by atoms with Crippen LogP contribution in [0.5, 0.6) is 23.0 Å². The van der Waals surface area contributed by atoms with Crippen molar-refractivity contribution in [3.63, 3.8) is 0 Å². The molecule has 680 valence electrons. The van der Waals surface area contributed by atoms with E-state index in [0.717, 1.165) is 54.5 Å². The van der Waals surface area contributed by atoms with E-state index in [0.29, 0.717) is 0 Å². The van der Waals surface area contributed by atoms with Gasteiger partial charge in [0, 0.05) is 52.9 Å². The van der Waals surface area contributed by atoms with Crippen LogP contribution < -0.4 is 73.1 Å². The minimum Gasteiger partial charge on any atom is -0.457 e. The van der Waals surface area contributed by atoms with Crippen molar-refractivity contribution in [2.24, 2.45) is 4.99 Å². The van der Waals surface area contributed by atoms with Crippen LogP contribution in [0.15, 0.2) is 542 Å². The van der Waals surface area contributed by atoms with Crippen molar-refractivity contribution in [3.05, 3.63) is 543 Å². The van der Waals surface area contributed by atoms with Crippen LogP contribution >= 0.6 is 63.5 Å². The molecule has 0 amide bonds. The van der Waals surface area contributed by atoms with Gasteiger partial charge in [0.1, 0.15) is 23.0 Å². The molecule has 136 heavy (non-hydrogen) atoms. The number of hydrogen-bond acceptors (Lipinski definition) is 5. The molecule has 0 unspecified atom stereocenters. The topological polar surface area (TPSA) is 56.6 Å². The Morgan fingerprint density at radius 2 is 0.478 bits per heavy atom. The number of unbranched alkanes of at least 4 members (excludes halogenated alkanes) is 3. The quantitative estimate of drug-likeness (QED) is 0.0279. The second-order valence-electron chi connectivity index (χ2n) is 31.7. The molecule has 19 rings (SSSR count). The van der Waals surface area contributed by atoms with Gasteiger partial charge in [-0.1, -0.05) is 444 Å². The largest absolute Gasteiger partial charge is 0.457 e. The number of aliphatic imine (C=N–C) groups is 1. The summed E-state index contributed by atoms with van der Waals surface area (Å²) in [5.74, 6) is 3.20. The maximum Gasteiger partial charge on any atom is 0.128 e. The second kappa shape index (κ2) is 58.9. The molecule has 18 aromatic rings. The predicted octanol–water partition coefficient (Wildman–Crippen LogP) is 30.1. The minimum atomic E-state index is -2.24. The number of ether oxygens (including phenoxy) is 2. The summed E-state index contributed by atoms with van der Waals surface area (Å²) in [6, 6.07) is 172. The summed E-state index contributed by atoms with van der Waals surface area (Å²) in [4.78, 5) is 13.5. The number of allylic oxidation sites excluding steroid dienone is 3. The Balaban J connectivity index is 0.000000143. The number of nitrogens with zero attached hydrogens (tertiary/aromatic N) is 3. The fraction of sp³-hybridized carbons (Fsp3) is 0.0976. The molecule has 5 nitrogen and oxygen atoms in total. The molecule has 16 aromatic carbocycles. The van der Waals surface area contributed by atoms with Crippen LogP contribution in [0.1, 0.15) is 59.3 Å². The van der Waals surface area contributed by atoms with E-state index in [-0.39, 0.29) is 20.4 Å². The molecule has 3 heterocycles. The van der Waals surface area contributed by atoms with Gasteiger partial charge in [-0.05, 0) is 180 Å². The van der Waals surface area contributed by atoms with Crippen molar-refractivity contribution in [1.29, 1.82) is 0 Å². The van der Waals surface area contributed by atoms with Gasteiger partial charge in [-0.2, -0.15) is 0 Å². The normalized spacial score (nSPS) is 10.9. The summed E-state index contributed by atoms with van der Waals surface area (Å²) in [5.41, 5.74) is 3.91. The Hall–Kier alpha value is -11.4. The van der Waals surface area contributed by atoms with Gasteiger partial charge >= 0.3 is 124 Å². The van der Waals surface area contributed by atoms with E-state index >= 15 is 0 Å². The third-order valence-electron chi connectivity index (χ3n) is 22.0. The van der Waals surface area contributed by atoms with E-state index in [9.17, 15) is 0 Å². The van der Waals surface area contributed by atoms with Crippen LogP contribution in [0.3, 0.4) is 0 Å². The van der Waals surface area contributed by atoms with Crippen LogP contribution in [-0.2, 0) is 20.4 Å².